The zero-order chi connectivity index (χ0) is 22.3. The van der Waals surface area contributed by atoms with Gasteiger partial charge >= 0.3 is 6.18 Å². The van der Waals surface area contributed by atoms with Gasteiger partial charge in [-0.3, -0.25) is 4.79 Å². The number of fused-ring (bicyclic) bond motifs is 1. The van der Waals surface area contributed by atoms with Crippen molar-refractivity contribution in [1.29, 1.82) is 0 Å². The summed E-state index contributed by atoms with van der Waals surface area (Å²) in [6, 6.07) is 7.54. The maximum atomic E-state index is 12.8. The van der Waals surface area contributed by atoms with Gasteiger partial charge in [0.15, 0.2) is 0 Å². The van der Waals surface area contributed by atoms with Crippen molar-refractivity contribution in [3.05, 3.63) is 63.7 Å². The quantitative estimate of drug-likeness (QED) is 0.558. The number of carbonyl (C=O) groups excluding carboxylic acids is 1. The molecular formula is C25H30F3NO. The standard InChI is InChI=1S/C25H30F3NO/c1-16-12-23-21(17(2)22(16)13-20(30)14-24(3,4)5)10-11-29(23)15-18-6-8-19(9-7-18)25(26,27)28/h6-9,12H,10-11,13-15H2,1-5H3. The fourth-order valence-electron chi connectivity index (χ4n) is 4.32. The van der Waals surface area contributed by atoms with Crippen LogP contribution < -0.4 is 4.90 Å². The third-order valence-corrected chi connectivity index (χ3v) is 5.77. The molecule has 0 saturated heterocycles. The summed E-state index contributed by atoms with van der Waals surface area (Å²) in [6.45, 7) is 11.8. The molecule has 0 bridgehead atoms. The second-order valence-corrected chi connectivity index (χ2v) is 9.61. The zero-order valence-electron chi connectivity index (χ0n) is 18.4. The molecule has 1 heterocycles. The SMILES string of the molecule is Cc1cc2c(c(C)c1CC(=O)CC(C)(C)C)CCN2Cc1ccc(C(F)(F)F)cc1. The van der Waals surface area contributed by atoms with E-state index in [1.165, 1.54) is 11.1 Å². The van der Waals surface area contributed by atoms with Gasteiger partial charge < -0.3 is 4.90 Å². The molecule has 1 aliphatic rings. The molecule has 0 aliphatic carbocycles. The van der Waals surface area contributed by atoms with Crippen LogP contribution in [0.15, 0.2) is 30.3 Å². The van der Waals surface area contributed by atoms with Crippen LogP contribution in [0.3, 0.4) is 0 Å². The van der Waals surface area contributed by atoms with Crippen molar-refractivity contribution >= 4 is 11.5 Å². The van der Waals surface area contributed by atoms with Crippen LogP contribution in [0.25, 0.3) is 0 Å². The van der Waals surface area contributed by atoms with E-state index in [0.717, 1.165) is 47.5 Å². The van der Waals surface area contributed by atoms with E-state index in [2.05, 4.69) is 38.7 Å². The molecule has 0 N–H and O–H groups in total. The van der Waals surface area contributed by atoms with E-state index in [-0.39, 0.29) is 11.2 Å². The largest absolute Gasteiger partial charge is 0.416 e. The molecule has 2 aromatic rings. The topological polar surface area (TPSA) is 20.3 Å². The van der Waals surface area contributed by atoms with E-state index in [9.17, 15) is 18.0 Å². The molecule has 0 amide bonds. The maximum Gasteiger partial charge on any atom is 0.416 e. The summed E-state index contributed by atoms with van der Waals surface area (Å²) in [5.41, 5.74) is 6.02. The predicted molar refractivity (Wildman–Crippen MR) is 115 cm³/mol. The van der Waals surface area contributed by atoms with E-state index in [4.69, 9.17) is 0 Å². The Kier molecular flexibility index (Phi) is 6.03. The number of halogens is 3. The smallest absolute Gasteiger partial charge is 0.367 e. The molecule has 5 heteroatoms. The second-order valence-electron chi connectivity index (χ2n) is 9.61. The average molecular weight is 418 g/mol. The number of rotatable bonds is 5. The molecule has 2 nitrogen and oxygen atoms in total. The van der Waals surface area contributed by atoms with Gasteiger partial charge in [-0.15, -0.1) is 0 Å². The molecule has 0 radical (unpaired) electrons. The highest BCUT2D eigenvalue weighted by atomic mass is 19.4. The number of ketones is 1. The van der Waals surface area contributed by atoms with Gasteiger partial charge in [-0.1, -0.05) is 32.9 Å². The highest BCUT2D eigenvalue weighted by Gasteiger charge is 2.30. The number of Topliss-reactive ketones (excluding diaryl/α,β-unsaturated/α-hetero) is 1. The van der Waals surface area contributed by atoms with Crippen molar-refractivity contribution in [1.82, 2.24) is 0 Å². The number of aryl methyl sites for hydroxylation is 1. The van der Waals surface area contributed by atoms with E-state index >= 15 is 0 Å². The Morgan fingerprint density at radius 2 is 1.70 bits per heavy atom. The highest BCUT2D eigenvalue weighted by molar-refractivity contribution is 5.83. The third kappa shape index (κ3) is 5.05. The Morgan fingerprint density at radius 3 is 2.27 bits per heavy atom. The summed E-state index contributed by atoms with van der Waals surface area (Å²) >= 11 is 0. The van der Waals surface area contributed by atoms with Crippen LogP contribution in [0.5, 0.6) is 0 Å². The molecule has 0 fully saturated rings. The minimum atomic E-state index is -4.31. The van der Waals surface area contributed by atoms with Crippen molar-refractivity contribution < 1.29 is 18.0 Å². The maximum absolute atomic E-state index is 12.8. The predicted octanol–water partition coefficient (Wildman–Crippen LogP) is 6.43. The van der Waals surface area contributed by atoms with Gasteiger partial charge in [0.2, 0.25) is 0 Å². The summed E-state index contributed by atoms with van der Waals surface area (Å²) in [6.07, 6.45) is -2.40. The van der Waals surface area contributed by atoms with E-state index in [1.807, 2.05) is 6.92 Å². The number of nitrogens with zero attached hydrogens (tertiary/aromatic N) is 1. The Labute approximate surface area is 177 Å². The lowest BCUT2D eigenvalue weighted by molar-refractivity contribution is -0.137. The molecule has 0 spiro atoms. The van der Waals surface area contributed by atoms with Gasteiger partial charge in [0.1, 0.15) is 5.78 Å². The van der Waals surface area contributed by atoms with Crippen LogP contribution in [0, 0.1) is 19.3 Å². The molecule has 1 aliphatic heterocycles. The first kappa shape index (κ1) is 22.4. The van der Waals surface area contributed by atoms with Crippen molar-refractivity contribution in [2.45, 2.75) is 66.6 Å². The highest BCUT2D eigenvalue weighted by Crippen LogP contribution is 2.36. The molecule has 0 unspecified atom stereocenters. The van der Waals surface area contributed by atoms with Crippen molar-refractivity contribution in [3.63, 3.8) is 0 Å². The molecule has 162 valence electrons. The van der Waals surface area contributed by atoms with E-state index < -0.39 is 11.7 Å². The Balaban J connectivity index is 1.79. The van der Waals surface area contributed by atoms with Gasteiger partial charge in [0.05, 0.1) is 5.56 Å². The number of benzene rings is 2. The zero-order valence-corrected chi connectivity index (χ0v) is 18.4. The van der Waals surface area contributed by atoms with Gasteiger partial charge in [0.25, 0.3) is 0 Å². The van der Waals surface area contributed by atoms with Crippen LogP contribution >= 0.6 is 0 Å². The van der Waals surface area contributed by atoms with Gasteiger partial charge in [0, 0.05) is 31.6 Å². The summed E-state index contributed by atoms with van der Waals surface area (Å²) in [4.78, 5) is 14.8. The minimum Gasteiger partial charge on any atom is -0.367 e. The first-order valence-electron chi connectivity index (χ1n) is 10.4. The number of anilines is 1. The van der Waals surface area contributed by atoms with Crippen LogP contribution in [0.1, 0.15) is 60.6 Å². The lowest BCUT2D eigenvalue weighted by Crippen LogP contribution is -2.20. The number of hydrogen-bond acceptors (Lipinski definition) is 2. The summed E-state index contributed by atoms with van der Waals surface area (Å²) < 4.78 is 38.4. The van der Waals surface area contributed by atoms with Crippen molar-refractivity contribution in [3.8, 4) is 0 Å². The van der Waals surface area contributed by atoms with E-state index in [0.29, 0.717) is 19.4 Å². The molecule has 30 heavy (non-hydrogen) atoms. The Hall–Kier alpha value is -2.30. The molecule has 0 atom stereocenters. The van der Waals surface area contributed by atoms with Crippen LogP contribution in [-0.2, 0) is 30.4 Å². The molecule has 2 aromatic carbocycles. The second kappa shape index (κ2) is 8.09. The lowest BCUT2D eigenvalue weighted by Gasteiger charge is -2.23. The minimum absolute atomic E-state index is 0.0198. The lowest BCUT2D eigenvalue weighted by atomic mass is 9.86. The third-order valence-electron chi connectivity index (χ3n) is 5.77. The van der Waals surface area contributed by atoms with Gasteiger partial charge in [-0.05, 0) is 71.7 Å². The number of hydrogen-bond donors (Lipinski definition) is 0. The van der Waals surface area contributed by atoms with Crippen LogP contribution in [0.4, 0.5) is 18.9 Å². The number of alkyl halides is 3. The normalized spacial score (nSPS) is 14.2. The van der Waals surface area contributed by atoms with Crippen LogP contribution in [0.2, 0.25) is 0 Å². The summed E-state index contributed by atoms with van der Waals surface area (Å²) in [7, 11) is 0. The first-order chi connectivity index (χ1) is 13.8. The molecule has 0 saturated carbocycles. The molecular weight excluding hydrogens is 387 g/mol. The van der Waals surface area contributed by atoms with E-state index in [1.54, 1.807) is 12.1 Å². The monoisotopic (exact) mass is 417 g/mol. The summed E-state index contributed by atoms with van der Waals surface area (Å²) in [5.74, 6) is 0.258. The first-order valence-corrected chi connectivity index (χ1v) is 10.4. The Bertz CT molecular complexity index is 937. The van der Waals surface area contributed by atoms with Crippen molar-refractivity contribution in [2.75, 3.05) is 11.4 Å². The van der Waals surface area contributed by atoms with Gasteiger partial charge in [-0.25, -0.2) is 0 Å². The Morgan fingerprint density at radius 1 is 1.07 bits per heavy atom. The number of carbonyl (C=O) groups is 1. The van der Waals surface area contributed by atoms with Crippen molar-refractivity contribution in [2.24, 2.45) is 5.41 Å². The molecule has 0 aromatic heterocycles. The van der Waals surface area contributed by atoms with Crippen LogP contribution in [-0.4, -0.2) is 12.3 Å². The molecule has 3 rings (SSSR count). The fourth-order valence-corrected chi connectivity index (χ4v) is 4.32. The average Bonchev–Trinajstić information content (AvgIpc) is 2.99. The fraction of sp³-hybridized carbons (Fsp3) is 0.480. The van der Waals surface area contributed by atoms with Gasteiger partial charge in [-0.2, -0.15) is 13.2 Å². The summed E-state index contributed by atoms with van der Waals surface area (Å²) in [5, 5.41) is 0.